The number of halogens is 1. The van der Waals surface area contributed by atoms with Gasteiger partial charge in [-0.3, -0.25) is 4.79 Å². The van der Waals surface area contributed by atoms with E-state index >= 15 is 0 Å². The molecule has 0 saturated heterocycles. The van der Waals surface area contributed by atoms with Gasteiger partial charge in [-0.2, -0.15) is 5.26 Å². The first kappa shape index (κ1) is 12.1. The number of nitriles is 1. The van der Waals surface area contributed by atoms with Crippen LogP contribution in [0.1, 0.15) is 17.2 Å². The number of carbonyl (C=O) groups excluding carboxylic acids is 1. The number of nitrogens with two attached hydrogens (primary N) is 1. The van der Waals surface area contributed by atoms with Crippen molar-refractivity contribution in [3.63, 3.8) is 0 Å². The number of amides is 1. The van der Waals surface area contributed by atoms with Gasteiger partial charge in [0.25, 0.3) is 0 Å². The Morgan fingerprint density at radius 1 is 1.50 bits per heavy atom. The summed E-state index contributed by atoms with van der Waals surface area (Å²) in [5, 5.41) is 27.4. The second-order valence-electron chi connectivity index (χ2n) is 3.11. The van der Waals surface area contributed by atoms with Gasteiger partial charge in [0.15, 0.2) is 6.10 Å². The zero-order chi connectivity index (χ0) is 12.3. The van der Waals surface area contributed by atoms with Gasteiger partial charge >= 0.3 is 0 Å². The van der Waals surface area contributed by atoms with E-state index < -0.39 is 29.5 Å². The van der Waals surface area contributed by atoms with Crippen molar-refractivity contribution in [2.45, 2.75) is 12.2 Å². The highest BCUT2D eigenvalue weighted by Crippen LogP contribution is 2.22. The smallest absolute Gasteiger partial charge is 0.249 e. The molecule has 1 aromatic carbocycles. The Morgan fingerprint density at radius 3 is 2.62 bits per heavy atom. The van der Waals surface area contributed by atoms with Crippen molar-refractivity contribution in [1.82, 2.24) is 0 Å². The van der Waals surface area contributed by atoms with Crippen LogP contribution in [0.15, 0.2) is 18.2 Å². The molecule has 0 aliphatic carbocycles. The van der Waals surface area contributed by atoms with Crippen LogP contribution in [0.3, 0.4) is 0 Å². The molecule has 2 unspecified atom stereocenters. The standard InChI is InChI=1S/C10H9FN2O3/c11-7-3-1-2-5(6(7)4-12)8(14)9(15)10(13)16/h1-3,8-9,14-15H,(H2,13,16). The number of primary amides is 1. The van der Waals surface area contributed by atoms with E-state index in [1.54, 1.807) is 6.07 Å². The molecule has 6 heteroatoms. The zero-order valence-corrected chi connectivity index (χ0v) is 8.09. The van der Waals surface area contributed by atoms with Crippen LogP contribution in [0.2, 0.25) is 0 Å². The molecule has 0 spiro atoms. The van der Waals surface area contributed by atoms with Crippen molar-refractivity contribution in [3.05, 3.63) is 35.1 Å². The lowest BCUT2D eigenvalue weighted by atomic mass is 9.98. The monoisotopic (exact) mass is 224 g/mol. The summed E-state index contributed by atoms with van der Waals surface area (Å²) in [5.74, 6) is -1.99. The van der Waals surface area contributed by atoms with Crippen LogP contribution in [0.4, 0.5) is 4.39 Å². The molecule has 1 amide bonds. The number of aliphatic hydroxyl groups is 2. The van der Waals surface area contributed by atoms with Gasteiger partial charge in [0, 0.05) is 5.56 Å². The first-order valence-corrected chi connectivity index (χ1v) is 4.33. The van der Waals surface area contributed by atoms with E-state index in [2.05, 4.69) is 0 Å². The molecule has 0 radical (unpaired) electrons. The van der Waals surface area contributed by atoms with Crippen LogP contribution in [0.25, 0.3) is 0 Å². The summed E-state index contributed by atoms with van der Waals surface area (Å²) in [7, 11) is 0. The lowest BCUT2D eigenvalue weighted by Crippen LogP contribution is -2.34. The molecule has 2 atom stereocenters. The van der Waals surface area contributed by atoms with E-state index in [0.29, 0.717) is 0 Å². The first-order chi connectivity index (χ1) is 7.49. The Labute approximate surface area is 90.5 Å². The van der Waals surface area contributed by atoms with Crippen molar-refractivity contribution in [2.24, 2.45) is 5.73 Å². The van der Waals surface area contributed by atoms with Gasteiger partial charge in [-0.25, -0.2) is 4.39 Å². The van der Waals surface area contributed by atoms with Gasteiger partial charge in [0.05, 0.1) is 5.56 Å². The minimum absolute atomic E-state index is 0.172. The van der Waals surface area contributed by atoms with Crippen LogP contribution in [-0.4, -0.2) is 22.2 Å². The molecule has 0 saturated carbocycles. The summed E-state index contributed by atoms with van der Waals surface area (Å²) < 4.78 is 13.1. The Hall–Kier alpha value is -1.97. The minimum Gasteiger partial charge on any atom is -0.385 e. The van der Waals surface area contributed by atoms with E-state index in [4.69, 9.17) is 11.0 Å². The average Bonchev–Trinajstić information content (AvgIpc) is 2.26. The average molecular weight is 224 g/mol. The summed E-state index contributed by atoms with van der Waals surface area (Å²) in [6, 6.07) is 5.06. The van der Waals surface area contributed by atoms with Crippen molar-refractivity contribution in [3.8, 4) is 6.07 Å². The molecule has 4 N–H and O–H groups in total. The van der Waals surface area contributed by atoms with Gasteiger partial charge in [-0.05, 0) is 6.07 Å². The molecule has 0 fully saturated rings. The number of carbonyl (C=O) groups is 1. The zero-order valence-electron chi connectivity index (χ0n) is 8.09. The van der Waals surface area contributed by atoms with Crippen LogP contribution >= 0.6 is 0 Å². The van der Waals surface area contributed by atoms with Crippen LogP contribution < -0.4 is 5.73 Å². The molecular weight excluding hydrogens is 215 g/mol. The topological polar surface area (TPSA) is 107 Å². The van der Waals surface area contributed by atoms with E-state index in [1.807, 2.05) is 0 Å². The third kappa shape index (κ3) is 2.16. The molecule has 0 aliphatic heterocycles. The largest absolute Gasteiger partial charge is 0.385 e. The van der Waals surface area contributed by atoms with Gasteiger partial charge in [0.1, 0.15) is 18.0 Å². The third-order valence-corrected chi connectivity index (χ3v) is 2.07. The predicted molar refractivity (Wildman–Crippen MR) is 51.3 cm³/mol. The fraction of sp³-hybridized carbons (Fsp3) is 0.200. The van der Waals surface area contributed by atoms with E-state index in [-0.39, 0.29) is 5.56 Å². The van der Waals surface area contributed by atoms with Crippen molar-refractivity contribution >= 4 is 5.91 Å². The Morgan fingerprint density at radius 2 is 2.12 bits per heavy atom. The lowest BCUT2D eigenvalue weighted by Gasteiger charge is -2.16. The second kappa shape index (κ2) is 4.70. The number of nitrogens with zero attached hydrogens (tertiary/aromatic N) is 1. The first-order valence-electron chi connectivity index (χ1n) is 4.33. The maximum absolute atomic E-state index is 13.1. The third-order valence-electron chi connectivity index (χ3n) is 2.07. The van der Waals surface area contributed by atoms with Gasteiger partial charge in [0.2, 0.25) is 5.91 Å². The number of hydrogen-bond donors (Lipinski definition) is 3. The van der Waals surface area contributed by atoms with E-state index in [1.165, 1.54) is 12.1 Å². The Kier molecular flexibility index (Phi) is 3.55. The van der Waals surface area contributed by atoms with Crippen LogP contribution in [-0.2, 0) is 4.79 Å². The normalized spacial score (nSPS) is 13.9. The van der Waals surface area contributed by atoms with Gasteiger partial charge < -0.3 is 15.9 Å². The molecule has 0 aliphatic rings. The Bertz CT molecular complexity index is 456. The summed E-state index contributed by atoms with van der Waals surface area (Å²) in [6.45, 7) is 0. The SMILES string of the molecule is N#Cc1c(F)cccc1C(O)C(O)C(N)=O. The maximum Gasteiger partial charge on any atom is 0.249 e. The van der Waals surface area contributed by atoms with E-state index in [9.17, 15) is 19.4 Å². The Balaban J connectivity index is 3.19. The van der Waals surface area contributed by atoms with Gasteiger partial charge in [-0.15, -0.1) is 0 Å². The van der Waals surface area contributed by atoms with Crippen molar-refractivity contribution < 1.29 is 19.4 Å². The molecule has 16 heavy (non-hydrogen) atoms. The molecule has 0 aromatic heterocycles. The fourth-order valence-electron chi connectivity index (χ4n) is 1.23. The van der Waals surface area contributed by atoms with Gasteiger partial charge in [-0.1, -0.05) is 12.1 Å². The van der Waals surface area contributed by atoms with Crippen LogP contribution in [0.5, 0.6) is 0 Å². The molecule has 1 rings (SSSR count). The summed E-state index contributed by atoms with van der Waals surface area (Å²) in [6.07, 6.45) is -3.60. The molecule has 84 valence electrons. The highest BCUT2D eigenvalue weighted by molar-refractivity contribution is 5.79. The molecular formula is C10H9FN2O3. The molecule has 0 heterocycles. The molecule has 5 nitrogen and oxygen atoms in total. The summed E-state index contributed by atoms with van der Waals surface area (Å²) in [4.78, 5) is 10.6. The highest BCUT2D eigenvalue weighted by atomic mass is 19.1. The number of hydrogen-bond acceptors (Lipinski definition) is 4. The van der Waals surface area contributed by atoms with Crippen molar-refractivity contribution in [1.29, 1.82) is 5.26 Å². The van der Waals surface area contributed by atoms with Crippen molar-refractivity contribution in [2.75, 3.05) is 0 Å². The summed E-state index contributed by atoms with van der Waals surface area (Å²) in [5.41, 5.74) is 4.18. The highest BCUT2D eigenvalue weighted by Gasteiger charge is 2.26. The fourth-order valence-corrected chi connectivity index (χ4v) is 1.23. The molecule has 1 aromatic rings. The molecule has 0 bridgehead atoms. The lowest BCUT2D eigenvalue weighted by molar-refractivity contribution is -0.132. The minimum atomic E-state index is -1.88. The maximum atomic E-state index is 13.1. The summed E-state index contributed by atoms with van der Waals surface area (Å²) >= 11 is 0. The van der Waals surface area contributed by atoms with E-state index in [0.717, 1.165) is 6.07 Å². The second-order valence-corrected chi connectivity index (χ2v) is 3.11. The number of aliphatic hydroxyl groups excluding tert-OH is 2. The quantitative estimate of drug-likeness (QED) is 0.647. The number of benzene rings is 1. The predicted octanol–water partition coefficient (Wildman–Crippen LogP) is -0.423. The number of rotatable bonds is 3. The van der Waals surface area contributed by atoms with Crippen LogP contribution in [0, 0.1) is 17.1 Å².